The van der Waals surface area contributed by atoms with Crippen molar-refractivity contribution in [2.24, 2.45) is 0 Å². The number of carbonyl (C=O) groups is 1. The van der Waals surface area contributed by atoms with Crippen molar-refractivity contribution in [3.8, 4) is 0 Å². The molecule has 0 heterocycles. The van der Waals surface area contributed by atoms with Gasteiger partial charge in [-0.1, -0.05) is 53.0 Å². The van der Waals surface area contributed by atoms with Gasteiger partial charge in [-0.15, -0.1) is 0 Å². The maximum atomic E-state index is 11.9. The van der Waals surface area contributed by atoms with E-state index in [0.717, 1.165) is 5.56 Å². The van der Waals surface area contributed by atoms with E-state index in [2.05, 4.69) is 10.6 Å². The fourth-order valence-electron chi connectivity index (χ4n) is 1.88. The largest absolute Gasteiger partial charge is 0.331 e. The highest BCUT2D eigenvalue weighted by atomic mass is 35.5. The van der Waals surface area contributed by atoms with E-state index in [1.54, 1.807) is 24.3 Å². The second-order valence-electron chi connectivity index (χ2n) is 4.72. The number of benzene rings is 2. The number of thiocarbonyl (C=S) groups is 1. The van der Waals surface area contributed by atoms with Crippen molar-refractivity contribution in [1.82, 2.24) is 5.32 Å². The van der Waals surface area contributed by atoms with Crippen LogP contribution in [0.2, 0.25) is 15.1 Å². The summed E-state index contributed by atoms with van der Waals surface area (Å²) < 4.78 is 0. The summed E-state index contributed by atoms with van der Waals surface area (Å²) in [5, 5.41) is 7.24. The summed E-state index contributed by atoms with van der Waals surface area (Å²) in [7, 11) is 0. The predicted molar refractivity (Wildman–Crippen MR) is 101 cm³/mol. The maximum absolute atomic E-state index is 11.9. The number of hydrogen-bond acceptors (Lipinski definition) is 2. The van der Waals surface area contributed by atoms with Crippen LogP contribution in [-0.4, -0.2) is 11.0 Å². The Kier molecular flexibility index (Phi) is 6.66. The van der Waals surface area contributed by atoms with Crippen molar-refractivity contribution in [2.45, 2.75) is 12.8 Å². The molecular weight excluding hydrogens is 375 g/mol. The van der Waals surface area contributed by atoms with Crippen molar-refractivity contribution in [2.75, 3.05) is 5.32 Å². The first kappa shape index (κ1) is 18.0. The van der Waals surface area contributed by atoms with Crippen LogP contribution in [0, 0.1) is 0 Å². The summed E-state index contributed by atoms with van der Waals surface area (Å²) in [4.78, 5) is 11.9. The Morgan fingerprint density at radius 3 is 2.48 bits per heavy atom. The zero-order chi connectivity index (χ0) is 16.8. The highest BCUT2D eigenvalue weighted by molar-refractivity contribution is 7.80. The van der Waals surface area contributed by atoms with E-state index in [1.165, 1.54) is 0 Å². The first-order valence-electron chi connectivity index (χ1n) is 6.75. The van der Waals surface area contributed by atoms with Gasteiger partial charge in [0.25, 0.3) is 0 Å². The molecule has 0 aromatic heterocycles. The number of hydrogen-bond donors (Lipinski definition) is 2. The molecular formula is C16H13Cl3N2OS. The number of nitrogens with one attached hydrogen (secondary N) is 2. The van der Waals surface area contributed by atoms with Gasteiger partial charge in [0.05, 0.1) is 10.7 Å². The van der Waals surface area contributed by atoms with Crippen LogP contribution in [0.15, 0.2) is 42.5 Å². The number of anilines is 1. The van der Waals surface area contributed by atoms with Gasteiger partial charge in [0, 0.05) is 16.5 Å². The fraction of sp³-hybridized carbons (Fsp3) is 0.125. The molecule has 0 atom stereocenters. The van der Waals surface area contributed by atoms with Crippen LogP contribution in [0.4, 0.5) is 5.69 Å². The van der Waals surface area contributed by atoms with Crippen LogP contribution >= 0.6 is 47.0 Å². The summed E-state index contributed by atoms with van der Waals surface area (Å²) in [6.45, 7) is 0. The van der Waals surface area contributed by atoms with E-state index in [4.69, 9.17) is 47.0 Å². The summed E-state index contributed by atoms with van der Waals surface area (Å²) >= 11 is 23.0. The third-order valence-electron chi connectivity index (χ3n) is 3.01. The van der Waals surface area contributed by atoms with Crippen LogP contribution in [0.1, 0.15) is 12.0 Å². The summed E-state index contributed by atoms with van der Waals surface area (Å²) in [5.74, 6) is -0.201. The van der Waals surface area contributed by atoms with Gasteiger partial charge >= 0.3 is 0 Å². The van der Waals surface area contributed by atoms with Crippen molar-refractivity contribution in [3.05, 3.63) is 63.1 Å². The Labute approximate surface area is 154 Å². The van der Waals surface area contributed by atoms with Crippen molar-refractivity contribution in [3.63, 3.8) is 0 Å². The number of aryl methyl sites for hydroxylation is 1. The van der Waals surface area contributed by atoms with Gasteiger partial charge in [0.15, 0.2) is 5.11 Å². The first-order chi connectivity index (χ1) is 11.0. The minimum atomic E-state index is -0.201. The van der Waals surface area contributed by atoms with E-state index in [9.17, 15) is 4.79 Å². The number of carbonyl (C=O) groups excluding carboxylic acids is 1. The predicted octanol–water partition coefficient (Wildman–Crippen LogP) is 5.09. The number of amides is 1. The van der Waals surface area contributed by atoms with Gasteiger partial charge in [-0.25, -0.2) is 0 Å². The Morgan fingerprint density at radius 1 is 1.04 bits per heavy atom. The van der Waals surface area contributed by atoms with Gasteiger partial charge in [-0.2, -0.15) is 0 Å². The highest BCUT2D eigenvalue weighted by Gasteiger charge is 2.08. The Hall–Kier alpha value is -1.33. The normalized spacial score (nSPS) is 10.2. The molecule has 2 aromatic carbocycles. The first-order valence-corrected chi connectivity index (χ1v) is 8.29. The molecule has 0 radical (unpaired) electrons. The topological polar surface area (TPSA) is 41.1 Å². The fourth-order valence-corrected chi connectivity index (χ4v) is 2.79. The smallest absolute Gasteiger partial charge is 0.226 e. The molecule has 0 aliphatic heterocycles. The SMILES string of the molecule is O=C(CCc1ccccc1Cl)NC(=S)Nc1ccc(Cl)cc1Cl. The lowest BCUT2D eigenvalue weighted by molar-refractivity contribution is -0.119. The van der Waals surface area contributed by atoms with E-state index in [-0.39, 0.29) is 17.4 Å². The zero-order valence-electron chi connectivity index (χ0n) is 11.9. The van der Waals surface area contributed by atoms with Crippen LogP contribution in [0.5, 0.6) is 0 Å². The molecule has 0 aliphatic rings. The van der Waals surface area contributed by atoms with Gasteiger partial charge in [0.2, 0.25) is 5.91 Å². The molecule has 0 aliphatic carbocycles. The average molecular weight is 388 g/mol. The molecule has 0 spiro atoms. The third-order valence-corrected chi connectivity index (χ3v) is 4.13. The van der Waals surface area contributed by atoms with Crippen LogP contribution < -0.4 is 10.6 Å². The van der Waals surface area contributed by atoms with Crippen molar-refractivity contribution < 1.29 is 4.79 Å². The highest BCUT2D eigenvalue weighted by Crippen LogP contribution is 2.25. The second-order valence-corrected chi connectivity index (χ2v) is 6.38. The number of halogens is 3. The minimum Gasteiger partial charge on any atom is -0.331 e. The molecule has 0 saturated carbocycles. The van der Waals surface area contributed by atoms with E-state index in [1.807, 2.05) is 18.2 Å². The lowest BCUT2D eigenvalue weighted by atomic mass is 10.1. The Balaban J connectivity index is 1.85. The molecule has 120 valence electrons. The van der Waals surface area contributed by atoms with Crippen molar-refractivity contribution >= 4 is 63.7 Å². The van der Waals surface area contributed by atoms with Crippen molar-refractivity contribution in [1.29, 1.82) is 0 Å². The third kappa shape index (κ3) is 5.66. The van der Waals surface area contributed by atoms with Crippen LogP contribution in [0.25, 0.3) is 0 Å². The molecule has 2 N–H and O–H groups in total. The molecule has 3 nitrogen and oxygen atoms in total. The summed E-state index contributed by atoms with van der Waals surface area (Å²) in [5.41, 5.74) is 1.50. The van der Waals surface area contributed by atoms with Gasteiger partial charge in [-0.05, 0) is 48.5 Å². The van der Waals surface area contributed by atoms with E-state index < -0.39 is 0 Å². The molecule has 23 heavy (non-hydrogen) atoms. The summed E-state index contributed by atoms with van der Waals surface area (Å²) in [6, 6.07) is 12.4. The number of rotatable bonds is 4. The van der Waals surface area contributed by atoms with Crippen LogP contribution in [-0.2, 0) is 11.2 Å². The van der Waals surface area contributed by atoms with E-state index >= 15 is 0 Å². The molecule has 0 unspecified atom stereocenters. The molecule has 0 saturated heterocycles. The van der Waals surface area contributed by atoms with Gasteiger partial charge < -0.3 is 10.6 Å². The van der Waals surface area contributed by atoms with E-state index in [0.29, 0.717) is 27.2 Å². The molecule has 2 aromatic rings. The monoisotopic (exact) mass is 386 g/mol. The zero-order valence-corrected chi connectivity index (χ0v) is 15.0. The molecule has 0 fully saturated rings. The average Bonchev–Trinajstić information content (AvgIpc) is 2.49. The standard InChI is InChI=1S/C16H13Cl3N2OS/c17-11-6-7-14(13(19)9-11)20-16(23)21-15(22)8-5-10-3-1-2-4-12(10)18/h1-4,6-7,9H,5,8H2,(H2,20,21,22,23). The molecule has 2 rings (SSSR count). The quantitative estimate of drug-likeness (QED) is 0.718. The lowest BCUT2D eigenvalue weighted by Crippen LogP contribution is -2.34. The van der Waals surface area contributed by atoms with Crippen LogP contribution in [0.3, 0.4) is 0 Å². The minimum absolute atomic E-state index is 0.179. The maximum Gasteiger partial charge on any atom is 0.226 e. The molecule has 1 amide bonds. The Morgan fingerprint density at radius 2 is 1.78 bits per heavy atom. The Bertz CT molecular complexity index is 737. The van der Waals surface area contributed by atoms with Gasteiger partial charge in [-0.3, -0.25) is 4.79 Å². The second kappa shape index (κ2) is 8.50. The lowest BCUT2D eigenvalue weighted by Gasteiger charge is -2.11. The van der Waals surface area contributed by atoms with Gasteiger partial charge in [0.1, 0.15) is 0 Å². The molecule has 7 heteroatoms. The molecule has 0 bridgehead atoms. The summed E-state index contributed by atoms with van der Waals surface area (Å²) in [6.07, 6.45) is 0.815.